The van der Waals surface area contributed by atoms with Crippen molar-refractivity contribution < 1.29 is 9.18 Å². The summed E-state index contributed by atoms with van der Waals surface area (Å²) < 4.78 is 14.2. The van der Waals surface area contributed by atoms with Crippen LogP contribution in [0.15, 0.2) is 72.8 Å². The molecule has 1 heterocycles. The summed E-state index contributed by atoms with van der Waals surface area (Å²) in [6.45, 7) is 2.61. The Bertz CT molecular complexity index is 948. The fourth-order valence-electron chi connectivity index (χ4n) is 3.68. The molecule has 0 saturated heterocycles. The van der Waals surface area contributed by atoms with Gasteiger partial charge in [-0.1, -0.05) is 66.2 Å². The molecule has 4 rings (SSSR count). The van der Waals surface area contributed by atoms with Crippen molar-refractivity contribution >= 4 is 5.91 Å². The lowest BCUT2D eigenvalue weighted by Gasteiger charge is -2.38. The third kappa shape index (κ3) is 2.90. The third-order valence-electron chi connectivity index (χ3n) is 5.04. The van der Waals surface area contributed by atoms with Gasteiger partial charge in [-0.25, -0.2) is 4.39 Å². The Labute approximate surface area is 152 Å². The van der Waals surface area contributed by atoms with Gasteiger partial charge in [-0.05, 0) is 42.2 Å². The fraction of sp³-hybridized carbons (Fsp3) is 0.174. The molecule has 0 N–H and O–H groups in total. The van der Waals surface area contributed by atoms with Crippen molar-refractivity contribution in [2.45, 2.75) is 19.4 Å². The molecular formula is C23H20FNO. The Hall–Kier alpha value is -2.94. The zero-order valence-electron chi connectivity index (χ0n) is 14.7. The summed E-state index contributed by atoms with van der Waals surface area (Å²) >= 11 is 0. The first-order valence-corrected chi connectivity index (χ1v) is 8.85. The Morgan fingerprint density at radius 1 is 0.962 bits per heavy atom. The van der Waals surface area contributed by atoms with Crippen molar-refractivity contribution in [3.63, 3.8) is 0 Å². The van der Waals surface area contributed by atoms with Crippen LogP contribution >= 0.6 is 0 Å². The van der Waals surface area contributed by atoms with Crippen LogP contribution in [0.2, 0.25) is 0 Å². The van der Waals surface area contributed by atoms with E-state index in [9.17, 15) is 9.18 Å². The Morgan fingerprint density at radius 2 is 1.65 bits per heavy atom. The first-order chi connectivity index (χ1) is 12.6. The van der Waals surface area contributed by atoms with E-state index >= 15 is 0 Å². The van der Waals surface area contributed by atoms with Gasteiger partial charge in [-0.3, -0.25) is 4.79 Å². The molecular weight excluding hydrogens is 325 g/mol. The second kappa shape index (κ2) is 6.75. The minimum atomic E-state index is -0.473. The number of carbonyl (C=O) groups is 1. The van der Waals surface area contributed by atoms with Gasteiger partial charge in [0.1, 0.15) is 5.82 Å². The Kier molecular flexibility index (Phi) is 4.29. The van der Waals surface area contributed by atoms with Crippen LogP contribution in [0.3, 0.4) is 0 Å². The second-order valence-electron chi connectivity index (χ2n) is 6.74. The Balaban J connectivity index is 1.82. The molecule has 0 saturated carbocycles. The zero-order valence-corrected chi connectivity index (χ0v) is 14.7. The molecule has 3 aromatic carbocycles. The first kappa shape index (κ1) is 16.5. The molecule has 0 aliphatic carbocycles. The summed E-state index contributed by atoms with van der Waals surface area (Å²) in [5, 5.41) is 0. The molecule has 1 aliphatic heterocycles. The predicted molar refractivity (Wildman–Crippen MR) is 101 cm³/mol. The van der Waals surface area contributed by atoms with Gasteiger partial charge in [0.15, 0.2) is 0 Å². The molecule has 1 amide bonds. The van der Waals surface area contributed by atoms with Gasteiger partial charge in [0.2, 0.25) is 0 Å². The van der Waals surface area contributed by atoms with Crippen LogP contribution in [-0.4, -0.2) is 17.4 Å². The molecule has 0 fully saturated rings. The van der Waals surface area contributed by atoms with Crippen LogP contribution in [0.4, 0.5) is 4.39 Å². The van der Waals surface area contributed by atoms with Crippen molar-refractivity contribution in [3.05, 3.63) is 106 Å². The monoisotopic (exact) mass is 345 g/mol. The first-order valence-electron chi connectivity index (χ1n) is 8.85. The SMILES string of the molecule is Cc1ccc(C2c3ccccc3CCN2C(=O)c2ccccc2F)cc1. The number of amides is 1. The smallest absolute Gasteiger partial charge is 0.257 e. The number of benzene rings is 3. The van der Waals surface area contributed by atoms with Gasteiger partial charge in [0.25, 0.3) is 5.91 Å². The van der Waals surface area contributed by atoms with Gasteiger partial charge in [-0.2, -0.15) is 0 Å². The maximum Gasteiger partial charge on any atom is 0.257 e. The summed E-state index contributed by atoms with van der Waals surface area (Å²) in [7, 11) is 0. The summed E-state index contributed by atoms with van der Waals surface area (Å²) in [4.78, 5) is 15.0. The second-order valence-corrected chi connectivity index (χ2v) is 6.74. The largest absolute Gasteiger partial charge is 0.327 e. The predicted octanol–water partition coefficient (Wildman–Crippen LogP) is 4.92. The van der Waals surface area contributed by atoms with Crippen LogP contribution in [0.25, 0.3) is 0 Å². The summed E-state index contributed by atoms with van der Waals surface area (Å²) in [6, 6.07) is 22.4. The normalized spacial score (nSPS) is 16.2. The van der Waals surface area contributed by atoms with Crippen molar-refractivity contribution in [2.24, 2.45) is 0 Å². The van der Waals surface area contributed by atoms with E-state index in [4.69, 9.17) is 0 Å². The number of hydrogen-bond donors (Lipinski definition) is 0. The standard InChI is InChI=1S/C23H20FNO/c1-16-10-12-18(13-11-16)22-19-7-3-2-6-17(19)14-15-25(22)23(26)20-8-4-5-9-21(20)24/h2-13,22H,14-15H2,1H3. The van der Waals surface area contributed by atoms with Crippen LogP contribution < -0.4 is 0 Å². The summed E-state index contributed by atoms with van der Waals surface area (Å²) in [5.74, 6) is -0.734. The third-order valence-corrected chi connectivity index (χ3v) is 5.04. The molecule has 1 unspecified atom stereocenters. The van der Waals surface area contributed by atoms with Crippen molar-refractivity contribution in [2.75, 3.05) is 6.54 Å². The highest BCUT2D eigenvalue weighted by Crippen LogP contribution is 2.36. The van der Waals surface area contributed by atoms with Gasteiger partial charge >= 0.3 is 0 Å². The molecule has 3 aromatic rings. The molecule has 0 radical (unpaired) electrons. The molecule has 26 heavy (non-hydrogen) atoms. The number of fused-ring (bicyclic) bond motifs is 1. The fourth-order valence-corrected chi connectivity index (χ4v) is 3.68. The highest BCUT2D eigenvalue weighted by Gasteiger charge is 2.33. The number of carbonyl (C=O) groups excluding carboxylic acids is 1. The van der Waals surface area contributed by atoms with Crippen LogP contribution in [0, 0.1) is 12.7 Å². The lowest BCUT2D eigenvalue weighted by molar-refractivity contribution is 0.0690. The van der Waals surface area contributed by atoms with E-state index in [0.717, 1.165) is 17.5 Å². The van der Waals surface area contributed by atoms with E-state index in [1.54, 1.807) is 23.1 Å². The minimum Gasteiger partial charge on any atom is -0.327 e. The number of rotatable bonds is 2. The lowest BCUT2D eigenvalue weighted by atomic mass is 9.87. The summed E-state index contributed by atoms with van der Waals surface area (Å²) in [5.41, 5.74) is 4.71. The summed E-state index contributed by atoms with van der Waals surface area (Å²) in [6.07, 6.45) is 0.777. The molecule has 0 bridgehead atoms. The quantitative estimate of drug-likeness (QED) is 0.645. The van der Waals surface area contributed by atoms with E-state index in [0.29, 0.717) is 6.54 Å². The minimum absolute atomic E-state index is 0.129. The van der Waals surface area contributed by atoms with E-state index in [1.165, 1.54) is 17.2 Å². The molecule has 3 heteroatoms. The van der Waals surface area contributed by atoms with Gasteiger partial charge in [0.05, 0.1) is 11.6 Å². The molecule has 1 aliphatic rings. The number of aryl methyl sites for hydroxylation is 1. The van der Waals surface area contributed by atoms with Crippen molar-refractivity contribution in [1.82, 2.24) is 4.90 Å². The highest BCUT2D eigenvalue weighted by atomic mass is 19.1. The van der Waals surface area contributed by atoms with E-state index < -0.39 is 5.82 Å². The van der Waals surface area contributed by atoms with Crippen LogP contribution in [-0.2, 0) is 6.42 Å². The molecule has 2 nitrogen and oxygen atoms in total. The molecule has 1 atom stereocenters. The average molecular weight is 345 g/mol. The number of nitrogens with zero attached hydrogens (tertiary/aromatic N) is 1. The van der Waals surface area contributed by atoms with Gasteiger partial charge in [0, 0.05) is 6.54 Å². The number of halogens is 1. The lowest BCUT2D eigenvalue weighted by Crippen LogP contribution is -2.41. The maximum atomic E-state index is 14.2. The topological polar surface area (TPSA) is 20.3 Å². The number of hydrogen-bond acceptors (Lipinski definition) is 1. The van der Waals surface area contributed by atoms with Gasteiger partial charge < -0.3 is 4.90 Å². The highest BCUT2D eigenvalue weighted by molar-refractivity contribution is 5.95. The van der Waals surface area contributed by atoms with Crippen LogP contribution in [0.5, 0.6) is 0 Å². The van der Waals surface area contributed by atoms with E-state index in [2.05, 4.69) is 36.4 Å². The van der Waals surface area contributed by atoms with Crippen molar-refractivity contribution in [3.8, 4) is 0 Å². The maximum absolute atomic E-state index is 14.2. The van der Waals surface area contributed by atoms with E-state index in [-0.39, 0.29) is 17.5 Å². The molecule has 0 spiro atoms. The van der Waals surface area contributed by atoms with Crippen molar-refractivity contribution in [1.29, 1.82) is 0 Å². The Morgan fingerprint density at radius 3 is 2.42 bits per heavy atom. The van der Waals surface area contributed by atoms with E-state index in [1.807, 2.05) is 19.1 Å². The zero-order chi connectivity index (χ0) is 18.1. The molecule has 0 aromatic heterocycles. The molecule has 130 valence electrons. The van der Waals surface area contributed by atoms with Crippen LogP contribution in [0.1, 0.15) is 38.7 Å². The average Bonchev–Trinajstić information content (AvgIpc) is 2.68. The van der Waals surface area contributed by atoms with Gasteiger partial charge in [-0.15, -0.1) is 0 Å².